The highest BCUT2D eigenvalue weighted by Crippen LogP contribution is 2.22. The molecule has 0 saturated carbocycles. The Morgan fingerprint density at radius 2 is 2.18 bits per heavy atom. The molecule has 0 atom stereocenters. The van der Waals surface area contributed by atoms with Crippen molar-refractivity contribution in [3.63, 3.8) is 0 Å². The van der Waals surface area contributed by atoms with E-state index in [4.69, 9.17) is 23.8 Å². The van der Waals surface area contributed by atoms with E-state index < -0.39 is 0 Å². The van der Waals surface area contributed by atoms with Crippen molar-refractivity contribution in [3.05, 3.63) is 61.7 Å². The number of fused-ring (bicyclic) bond motifs is 1. The molecule has 0 aliphatic heterocycles. The smallest absolute Gasteiger partial charge is 0.276 e. The molecule has 0 fully saturated rings. The van der Waals surface area contributed by atoms with Crippen molar-refractivity contribution in [1.82, 2.24) is 19.9 Å². The van der Waals surface area contributed by atoms with Crippen LogP contribution in [0, 0.1) is 4.77 Å². The molecule has 0 amide bonds. The third-order valence-electron chi connectivity index (χ3n) is 3.61. The van der Waals surface area contributed by atoms with Gasteiger partial charge in [-0.25, -0.2) is 0 Å². The topological polar surface area (TPSA) is 65.6 Å². The van der Waals surface area contributed by atoms with Gasteiger partial charge >= 0.3 is 0 Å². The van der Waals surface area contributed by atoms with Gasteiger partial charge in [0, 0.05) is 17.8 Å². The molecule has 0 aliphatic carbocycles. The first-order chi connectivity index (χ1) is 10.6. The standard InChI is InChI=1S/C15H15ClN4OS/c1-17-7-10-9(3-2-4-11(10)16)8-20-12-5-6-18-13(12)14(21)19-15(20)22/h2-6,17-18H,7-8H2,1H3,(H,19,21,22). The molecule has 2 aromatic heterocycles. The van der Waals surface area contributed by atoms with Crippen LogP contribution in [0.1, 0.15) is 11.1 Å². The van der Waals surface area contributed by atoms with Gasteiger partial charge in [-0.3, -0.25) is 9.78 Å². The van der Waals surface area contributed by atoms with Crippen LogP contribution >= 0.6 is 23.8 Å². The predicted octanol–water partition coefficient (Wildman–Crippen LogP) is 2.81. The van der Waals surface area contributed by atoms with E-state index in [0.717, 1.165) is 16.6 Å². The van der Waals surface area contributed by atoms with E-state index in [1.807, 2.05) is 35.9 Å². The average Bonchev–Trinajstić information content (AvgIpc) is 2.96. The van der Waals surface area contributed by atoms with Crippen molar-refractivity contribution >= 4 is 34.9 Å². The van der Waals surface area contributed by atoms with E-state index in [0.29, 0.717) is 28.4 Å². The fraction of sp³-hybridized carbons (Fsp3) is 0.200. The van der Waals surface area contributed by atoms with E-state index in [1.54, 1.807) is 6.20 Å². The highest BCUT2D eigenvalue weighted by Gasteiger charge is 2.11. The van der Waals surface area contributed by atoms with Crippen LogP contribution in [0.2, 0.25) is 5.02 Å². The molecule has 0 spiro atoms. The number of aromatic amines is 2. The average molecular weight is 335 g/mol. The molecule has 0 saturated heterocycles. The van der Waals surface area contributed by atoms with Gasteiger partial charge in [-0.2, -0.15) is 0 Å². The zero-order valence-corrected chi connectivity index (χ0v) is 13.5. The number of H-pyrrole nitrogens is 2. The minimum Gasteiger partial charge on any atom is -0.355 e. The van der Waals surface area contributed by atoms with Crippen LogP contribution in [0.15, 0.2) is 35.3 Å². The molecule has 3 rings (SSSR count). The number of benzene rings is 1. The van der Waals surface area contributed by atoms with Crippen molar-refractivity contribution < 1.29 is 0 Å². The Bertz CT molecular complexity index is 941. The molecule has 3 N–H and O–H groups in total. The van der Waals surface area contributed by atoms with Crippen molar-refractivity contribution in [2.75, 3.05) is 7.05 Å². The van der Waals surface area contributed by atoms with Crippen LogP contribution < -0.4 is 10.9 Å². The number of nitrogens with one attached hydrogen (secondary N) is 3. The molecule has 114 valence electrons. The summed E-state index contributed by atoms with van der Waals surface area (Å²) in [6.45, 7) is 1.21. The first-order valence-electron chi connectivity index (χ1n) is 6.83. The van der Waals surface area contributed by atoms with Gasteiger partial charge in [0.15, 0.2) is 4.77 Å². The Morgan fingerprint density at radius 1 is 1.36 bits per heavy atom. The van der Waals surface area contributed by atoms with Gasteiger partial charge in [0.2, 0.25) is 0 Å². The number of hydrogen-bond donors (Lipinski definition) is 3. The summed E-state index contributed by atoms with van der Waals surface area (Å²) in [7, 11) is 1.88. The summed E-state index contributed by atoms with van der Waals surface area (Å²) in [6, 6.07) is 7.66. The first kappa shape index (κ1) is 15.0. The van der Waals surface area contributed by atoms with Crippen LogP contribution in [0.3, 0.4) is 0 Å². The molecule has 0 radical (unpaired) electrons. The quantitative estimate of drug-likeness (QED) is 0.643. The van der Waals surface area contributed by atoms with Gasteiger partial charge in [-0.15, -0.1) is 0 Å². The lowest BCUT2D eigenvalue weighted by atomic mass is 10.1. The van der Waals surface area contributed by atoms with E-state index >= 15 is 0 Å². The first-order valence-corrected chi connectivity index (χ1v) is 7.61. The molecule has 3 aromatic rings. The fourth-order valence-electron chi connectivity index (χ4n) is 2.56. The summed E-state index contributed by atoms with van der Waals surface area (Å²) in [5.74, 6) is 0. The molecule has 0 unspecified atom stereocenters. The Morgan fingerprint density at radius 3 is 2.95 bits per heavy atom. The second kappa shape index (κ2) is 6.08. The SMILES string of the molecule is CNCc1c(Cl)cccc1Cn1c(=S)[nH]c(=O)c2[nH]ccc21. The summed E-state index contributed by atoms with van der Waals surface area (Å²) in [5.41, 5.74) is 3.19. The summed E-state index contributed by atoms with van der Waals surface area (Å²) >= 11 is 11.6. The lowest BCUT2D eigenvalue weighted by molar-refractivity contribution is 0.750. The molecule has 0 aliphatic rings. The number of aromatic nitrogens is 3. The number of halogens is 1. The zero-order valence-electron chi connectivity index (χ0n) is 11.9. The maximum atomic E-state index is 11.9. The van der Waals surface area contributed by atoms with E-state index in [2.05, 4.69) is 15.3 Å². The lowest BCUT2D eigenvalue weighted by Crippen LogP contribution is -2.16. The summed E-state index contributed by atoms with van der Waals surface area (Å²) in [6.07, 6.45) is 1.73. The van der Waals surface area contributed by atoms with Crippen molar-refractivity contribution in [1.29, 1.82) is 0 Å². The summed E-state index contributed by atoms with van der Waals surface area (Å²) in [4.78, 5) is 17.5. The van der Waals surface area contributed by atoms with E-state index in [1.165, 1.54) is 0 Å². The molecule has 7 heteroatoms. The molecule has 0 bridgehead atoms. The second-order valence-corrected chi connectivity index (χ2v) is 5.79. The number of rotatable bonds is 4. The predicted molar refractivity (Wildman–Crippen MR) is 91.1 cm³/mol. The molecule has 1 aromatic carbocycles. The Hall–Kier alpha value is -1.89. The van der Waals surface area contributed by atoms with Gasteiger partial charge in [0.05, 0.1) is 12.1 Å². The van der Waals surface area contributed by atoms with Crippen LogP contribution in [0.5, 0.6) is 0 Å². The minimum atomic E-state index is -0.206. The zero-order chi connectivity index (χ0) is 15.7. The van der Waals surface area contributed by atoms with Gasteiger partial charge in [-0.05, 0) is 42.5 Å². The monoisotopic (exact) mass is 334 g/mol. The molecule has 22 heavy (non-hydrogen) atoms. The summed E-state index contributed by atoms with van der Waals surface area (Å²) < 4.78 is 2.29. The third-order valence-corrected chi connectivity index (χ3v) is 4.28. The van der Waals surface area contributed by atoms with E-state index in [-0.39, 0.29) is 5.56 Å². The molecular weight excluding hydrogens is 320 g/mol. The van der Waals surface area contributed by atoms with Gasteiger partial charge in [-0.1, -0.05) is 23.7 Å². The van der Waals surface area contributed by atoms with Crippen LogP contribution in [0.4, 0.5) is 0 Å². The Kier molecular flexibility index (Phi) is 4.15. The Balaban J connectivity index is 2.16. The summed E-state index contributed by atoms with van der Waals surface area (Å²) in [5, 5.41) is 3.84. The van der Waals surface area contributed by atoms with Crippen LogP contribution in [0.25, 0.3) is 11.0 Å². The van der Waals surface area contributed by atoms with E-state index in [9.17, 15) is 4.79 Å². The van der Waals surface area contributed by atoms with Crippen LogP contribution in [-0.4, -0.2) is 21.6 Å². The number of nitrogens with zero attached hydrogens (tertiary/aromatic N) is 1. The maximum Gasteiger partial charge on any atom is 0.276 e. The van der Waals surface area contributed by atoms with Gasteiger partial charge < -0.3 is 14.9 Å². The highest BCUT2D eigenvalue weighted by atomic mass is 35.5. The van der Waals surface area contributed by atoms with Crippen molar-refractivity contribution in [3.8, 4) is 0 Å². The molecular formula is C15H15ClN4OS. The highest BCUT2D eigenvalue weighted by molar-refractivity contribution is 7.71. The fourth-order valence-corrected chi connectivity index (χ4v) is 3.07. The van der Waals surface area contributed by atoms with Crippen LogP contribution in [-0.2, 0) is 13.1 Å². The van der Waals surface area contributed by atoms with Crippen molar-refractivity contribution in [2.24, 2.45) is 0 Å². The van der Waals surface area contributed by atoms with Crippen molar-refractivity contribution in [2.45, 2.75) is 13.1 Å². The largest absolute Gasteiger partial charge is 0.355 e. The number of hydrogen-bond acceptors (Lipinski definition) is 3. The molecule has 5 nitrogen and oxygen atoms in total. The normalized spacial score (nSPS) is 11.2. The minimum absolute atomic E-state index is 0.206. The third kappa shape index (κ3) is 2.61. The lowest BCUT2D eigenvalue weighted by Gasteiger charge is -2.14. The Labute approximate surface area is 136 Å². The van der Waals surface area contributed by atoms with Gasteiger partial charge in [0.1, 0.15) is 5.52 Å². The van der Waals surface area contributed by atoms with Gasteiger partial charge in [0.25, 0.3) is 5.56 Å². The maximum absolute atomic E-state index is 11.9. The second-order valence-electron chi connectivity index (χ2n) is 4.99. The molecule has 2 heterocycles.